The molecule has 0 unspecified atom stereocenters. The van der Waals surface area contributed by atoms with E-state index in [1.165, 1.54) is 9.80 Å². The molecule has 2 aliphatic rings. The zero-order valence-corrected chi connectivity index (χ0v) is 34.0. The van der Waals surface area contributed by atoms with Gasteiger partial charge >= 0.3 is 0 Å². The van der Waals surface area contributed by atoms with E-state index in [0.717, 1.165) is 104 Å². The summed E-state index contributed by atoms with van der Waals surface area (Å²) in [4.78, 5) is 61.4. The van der Waals surface area contributed by atoms with Crippen molar-refractivity contribution in [3.8, 4) is 0 Å². The molecule has 6 nitrogen and oxygen atoms in total. The zero-order valence-electron chi connectivity index (χ0n) is 34.0. The Bertz CT molecular complexity index is 2760. The summed E-state index contributed by atoms with van der Waals surface area (Å²) in [6.07, 6.45) is 14.4. The molecule has 0 fully saturated rings. The Morgan fingerprint density at radius 1 is 0.431 bits per heavy atom. The molecule has 58 heavy (non-hydrogen) atoms. The monoisotopic (exact) mass is 762 g/mol. The number of fused-ring (bicyclic) bond motifs is 2. The minimum absolute atomic E-state index is 0.354. The Kier molecular flexibility index (Phi) is 9.11. The van der Waals surface area contributed by atoms with Crippen LogP contribution in [0, 0.1) is 27.7 Å². The molecule has 0 aliphatic carbocycles. The third-order valence-corrected chi connectivity index (χ3v) is 11.9. The van der Waals surface area contributed by atoms with E-state index >= 15 is 0 Å². The molecule has 288 valence electrons. The van der Waals surface area contributed by atoms with E-state index in [0.29, 0.717) is 44.4 Å². The first-order chi connectivity index (χ1) is 28.0. The Labute approximate surface area is 338 Å². The number of benzene rings is 7. The van der Waals surface area contributed by atoms with Crippen LogP contribution in [0.3, 0.4) is 0 Å². The fourth-order valence-electron chi connectivity index (χ4n) is 9.49. The predicted molar refractivity (Wildman–Crippen MR) is 239 cm³/mol. The number of nitrogens with zero attached hydrogens (tertiary/aromatic N) is 2. The van der Waals surface area contributed by atoms with Crippen molar-refractivity contribution in [2.24, 2.45) is 0 Å². The smallest absolute Gasteiger partial charge is 0.266 e. The second kappa shape index (κ2) is 14.2. The van der Waals surface area contributed by atoms with E-state index in [9.17, 15) is 19.2 Å². The number of carbonyl (C=O) groups excluding carboxylic acids is 4. The fraction of sp³-hybridized carbons (Fsp3) is 0.231. The highest BCUT2D eigenvalue weighted by Gasteiger charge is 2.39. The van der Waals surface area contributed by atoms with Crippen molar-refractivity contribution in [1.82, 2.24) is 0 Å². The molecule has 6 heteroatoms. The lowest BCUT2D eigenvalue weighted by Gasteiger charge is -2.31. The number of hydrogen-bond acceptors (Lipinski definition) is 4. The number of carbonyl (C=O) groups is 4. The van der Waals surface area contributed by atoms with Gasteiger partial charge in [0, 0.05) is 33.0 Å². The van der Waals surface area contributed by atoms with Crippen molar-refractivity contribution in [2.45, 2.75) is 80.1 Å². The molecule has 4 amide bonds. The SMILES string of the molecule is CCCCC=Cc1cc2c3c(ccc4c5c(C=CCCCC)cc6c7c(ccc(c1c34)c75)C(=O)N(c1cc(C)cc(C)c1)C6=O)C(=O)N(c1cc(C)cc(C)c1)C2=O. The first-order valence-electron chi connectivity index (χ1n) is 20.6. The minimum Gasteiger partial charge on any atom is -0.268 e. The van der Waals surface area contributed by atoms with Gasteiger partial charge in [0.1, 0.15) is 0 Å². The third kappa shape index (κ3) is 5.68. The van der Waals surface area contributed by atoms with Crippen LogP contribution in [0.1, 0.15) is 127 Å². The topological polar surface area (TPSA) is 74.8 Å². The van der Waals surface area contributed by atoms with Crippen LogP contribution in [-0.2, 0) is 0 Å². The number of anilines is 2. The first kappa shape index (κ1) is 37.2. The molecule has 2 heterocycles. The number of aryl methyl sites for hydroxylation is 4. The number of imide groups is 2. The summed E-state index contributed by atoms with van der Waals surface area (Å²) >= 11 is 0. The quantitative estimate of drug-likeness (QED) is 0.0602. The molecule has 0 N–H and O–H groups in total. The number of allylic oxidation sites excluding steroid dienone is 2. The van der Waals surface area contributed by atoms with Crippen LogP contribution in [0.5, 0.6) is 0 Å². The summed E-state index contributed by atoms with van der Waals surface area (Å²) in [7, 11) is 0. The van der Waals surface area contributed by atoms with Crippen LogP contribution in [0.2, 0.25) is 0 Å². The Hall–Kier alpha value is -6.40. The molecular weight excluding hydrogens is 717 g/mol. The summed E-state index contributed by atoms with van der Waals surface area (Å²) < 4.78 is 0. The summed E-state index contributed by atoms with van der Waals surface area (Å²) in [6, 6.07) is 23.2. The molecule has 0 saturated heterocycles. The van der Waals surface area contributed by atoms with Crippen LogP contribution in [0.4, 0.5) is 11.4 Å². The highest BCUT2D eigenvalue weighted by Crippen LogP contribution is 2.50. The van der Waals surface area contributed by atoms with Gasteiger partial charge in [0.05, 0.1) is 11.4 Å². The number of unbranched alkanes of at least 4 members (excludes halogenated alkanes) is 4. The molecule has 0 spiro atoms. The second-order valence-electron chi connectivity index (χ2n) is 16.3. The second-order valence-corrected chi connectivity index (χ2v) is 16.3. The zero-order chi connectivity index (χ0) is 40.6. The number of hydrogen-bond donors (Lipinski definition) is 0. The normalized spacial score (nSPS) is 14.4. The van der Waals surface area contributed by atoms with Crippen molar-refractivity contribution < 1.29 is 19.2 Å². The lowest BCUT2D eigenvalue weighted by atomic mass is 9.79. The molecule has 0 bridgehead atoms. The van der Waals surface area contributed by atoms with Crippen molar-refractivity contribution in [3.63, 3.8) is 0 Å². The first-order valence-corrected chi connectivity index (χ1v) is 20.6. The molecule has 7 aromatic rings. The average molecular weight is 763 g/mol. The van der Waals surface area contributed by atoms with Crippen LogP contribution in [0.25, 0.3) is 55.2 Å². The van der Waals surface area contributed by atoms with Gasteiger partial charge in [0.25, 0.3) is 23.6 Å². The summed E-state index contributed by atoms with van der Waals surface area (Å²) in [5.74, 6) is -1.42. The maximum atomic E-state index is 14.8. The minimum atomic E-state index is -0.357. The maximum absolute atomic E-state index is 14.8. The van der Waals surface area contributed by atoms with Gasteiger partial charge in [0.15, 0.2) is 0 Å². The van der Waals surface area contributed by atoms with Gasteiger partial charge in [-0.1, -0.05) is 88.1 Å². The molecule has 0 saturated carbocycles. The lowest BCUT2D eigenvalue weighted by Crippen LogP contribution is -2.41. The summed E-state index contributed by atoms with van der Waals surface area (Å²) in [6.45, 7) is 12.2. The Morgan fingerprint density at radius 3 is 1.16 bits per heavy atom. The van der Waals surface area contributed by atoms with Gasteiger partial charge in [-0.3, -0.25) is 19.2 Å². The van der Waals surface area contributed by atoms with Gasteiger partial charge in [0.2, 0.25) is 0 Å². The fourth-order valence-corrected chi connectivity index (χ4v) is 9.49. The van der Waals surface area contributed by atoms with Crippen molar-refractivity contribution in [3.05, 3.63) is 141 Å². The highest BCUT2D eigenvalue weighted by molar-refractivity contribution is 6.46. The van der Waals surface area contributed by atoms with Crippen LogP contribution < -0.4 is 9.80 Å². The van der Waals surface area contributed by atoms with E-state index in [1.54, 1.807) is 0 Å². The lowest BCUT2D eigenvalue weighted by molar-refractivity contribution is 0.0877. The van der Waals surface area contributed by atoms with Crippen LogP contribution >= 0.6 is 0 Å². The highest BCUT2D eigenvalue weighted by atomic mass is 16.2. The molecule has 0 atom stereocenters. The van der Waals surface area contributed by atoms with Gasteiger partial charge in [-0.05, 0) is 155 Å². The van der Waals surface area contributed by atoms with E-state index in [1.807, 2.05) is 100 Å². The summed E-state index contributed by atoms with van der Waals surface area (Å²) in [5, 5.41) is 6.52. The Balaban J connectivity index is 1.40. The van der Waals surface area contributed by atoms with Crippen molar-refractivity contribution >= 4 is 90.2 Å². The average Bonchev–Trinajstić information content (AvgIpc) is 3.18. The van der Waals surface area contributed by atoms with E-state index < -0.39 is 0 Å². The number of rotatable bonds is 10. The maximum Gasteiger partial charge on any atom is 0.266 e. The molecule has 9 rings (SSSR count). The summed E-state index contributed by atoms with van der Waals surface area (Å²) in [5.41, 5.74) is 8.60. The van der Waals surface area contributed by atoms with Crippen molar-refractivity contribution in [1.29, 1.82) is 0 Å². The largest absolute Gasteiger partial charge is 0.268 e. The molecular formula is C52H46N2O4. The van der Waals surface area contributed by atoms with Crippen LogP contribution in [-0.4, -0.2) is 23.6 Å². The number of amides is 4. The van der Waals surface area contributed by atoms with Crippen molar-refractivity contribution in [2.75, 3.05) is 9.80 Å². The van der Waals surface area contributed by atoms with Gasteiger partial charge in [-0.15, -0.1) is 0 Å². The van der Waals surface area contributed by atoms with Crippen LogP contribution in [0.15, 0.2) is 84.9 Å². The van der Waals surface area contributed by atoms with Gasteiger partial charge in [-0.25, -0.2) is 9.80 Å². The van der Waals surface area contributed by atoms with E-state index in [-0.39, 0.29) is 23.6 Å². The molecule has 2 aliphatic heterocycles. The van der Waals surface area contributed by atoms with E-state index in [4.69, 9.17) is 0 Å². The third-order valence-electron chi connectivity index (χ3n) is 11.9. The molecule has 0 aromatic heterocycles. The van der Waals surface area contributed by atoms with Gasteiger partial charge < -0.3 is 0 Å². The Morgan fingerprint density at radius 2 is 0.793 bits per heavy atom. The molecule has 0 radical (unpaired) electrons. The standard InChI is InChI=1S/C52H46N2O4/c1-7-9-11-13-15-33-27-41-45-39(49(55)53(51(41)57)35-23-29(3)21-30(4)24-35)20-18-38-44-34(16-14-12-10-8-2)28-42-46-40(19-17-37(48(44)46)43(33)47(38)45)50(56)54(52(42)58)36-25-31(5)22-32(6)26-36/h13-28H,7-12H2,1-6H3. The predicted octanol–water partition coefficient (Wildman–Crippen LogP) is 13.0. The molecule has 7 aromatic carbocycles. The van der Waals surface area contributed by atoms with Gasteiger partial charge in [-0.2, -0.15) is 0 Å². The van der Waals surface area contributed by atoms with E-state index in [2.05, 4.69) is 38.2 Å².